The largest absolute Gasteiger partial charge is 0.545 e. The maximum atomic E-state index is 11.7. The van der Waals surface area contributed by atoms with E-state index in [0.717, 1.165) is 22.6 Å². The van der Waals surface area contributed by atoms with Crippen molar-refractivity contribution in [2.75, 3.05) is 0 Å². The molecule has 0 radical (unpaired) electrons. The quantitative estimate of drug-likeness (QED) is 0.210. The van der Waals surface area contributed by atoms with E-state index in [-0.39, 0.29) is 10.6 Å². The first-order chi connectivity index (χ1) is 18.7. The molecular weight excluding hydrogens is 566 g/mol. The van der Waals surface area contributed by atoms with Crippen molar-refractivity contribution >= 4 is 40.6 Å². The van der Waals surface area contributed by atoms with Crippen molar-refractivity contribution in [1.82, 2.24) is 4.57 Å². The van der Waals surface area contributed by atoms with E-state index < -0.39 is 14.3 Å². The van der Waals surface area contributed by atoms with Crippen LogP contribution in [0.3, 0.4) is 0 Å². The first-order valence-corrected chi connectivity index (χ1v) is 15.5. The normalized spacial score (nSPS) is 11.8. The highest BCUT2D eigenvalue weighted by Crippen LogP contribution is 2.39. The molecule has 0 saturated heterocycles. The van der Waals surface area contributed by atoms with E-state index in [4.69, 9.17) is 4.43 Å². The van der Waals surface area contributed by atoms with E-state index in [1.54, 1.807) is 12.1 Å². The number of aromatic nitrogens is 1. The standard InChI is InChI=1S/C33H30BrNO3Si/c1-33(2,3)39(27-12-6-4-7-13-27,28-14-8-5-9-15-28)38-26-18-16-24(17-19-26)31-29(34)22-25(32(36)37)23-30(31)35-20-10-11-21-35/h4-23H,1-3H3,(H,36,37)/p-1. The van der Waals surface area contributed by atoms with Gasteiger partial charge < -0.3 is 18.9 Å². The van der Waals surface area contributed by atoms with Crippen molar-refractivity contribution in [3.63, 3.8) is 0 Å². The molecule has 0 aliphatic heterocycles. The van der Waals surface area contributed by atoms with Crippen LogP contribution in [0.5, 0.6) is 5.75 Å². The predicted molar refractivity (Wildman–Crippen MR) is 161 cm³/mol. The fourth-order valence-corrected chi connectivity index (χ4v) is 10.3. The van der Waals surface area contributed by atoms with Crippen LogP contribution in [0.1, 0.15) is 31.1 Å². The minimum absolute atomic E-state index is 0.112. The molecular formula is C33H29BrNO3Si-. The van der Waals surface area contributed by atoms with Crippen LogP contribution < -0.4 is 19.9 Å². The molecule has 0 fully saturated rings. The van der Waals surface area contributed by atoms with Crippen molar-refractivity contribution in [3.8, 4) is 22.6 Å². The lowest BCUT2D eigenvalue weighted by molar-refractivity contribution is -0.255. The number of aromatic carboxylic acids is 1. The number of carboxylic acid groups (broad SMARTS) is 1. The average Bonchev–Trinajstić information content (AvgIpc) is 3.47. The van der Waals surface area contributed by atoms with Gasteiger partial charge in [0, 0.05) is 28.0 Å². The Morgan fingerprint density at radius 2 is 1.33 bits per heavy atom. The molecule has 0 aliphatic rings. The topological polar surface area (TPSA) is 54.3 Å². The Kier molecular flexibility index (Phi) is 7.34. The number of carbonyl (C=O) groups excluding carboxylic acids is 1. The van der Waals surface area contributed by atoms with Crippen LogP contribution in [-0.4, -0.2) is 18.9 Å². The van der Waals surface area contributed by atoms with Gasteiger partial charge in [-0.1, -0.05) is 109 Å². The number of halogens is 1. The van der Waals surface area contributed by atoms with Gasteiger partial charge in [0.2, 0.25) is 0 Å². The number of hydrogen-bond acceptors (Lipinski definition) is 3. The van der Waals surface area contributed by atoms with Gasteiger partial charge in [-0.15, -0.1) is 0 Å². The van der Waals surface area contributed by atoms with E-state index in [9.17, 15) is 9.90 Å². The van der Waals surface area contributed by atoms with Gasteiger partial charge in [-0.05, 0) is 57.4 Å². The summed E-state index contributed by atoms with van der Waals surface area (Å²) in [5.74, 6) is -0.428. The number of carbonyl (C=O) groups is 1. The molecule has 0 amide bonds. The number of nitrogens with zero attached hydrogens (tertiary/aromatic N) is 1. The highest BCUT2D eigenvalue weighted by molar-refractivity contribution is 9.10. The molecule has 5 rings (SSSR count). The van der Waals surface area contributed by atoms with Gasteiger partial charge in [0.15, 0.2) is 0 Å². The molecule has 0 bridgehead atoms. The zero-order valence-electron chi connectivity index (χ0n) is 22.1. The molecule has 4 nitrogen and oxygen atoms in total. The number of carboxylic acids is 1. The van der Waals surface area contributed by atoms with Crippen LogP contribution in [0, 0.1) is 0 Å². The van der Waals surface area contributed by atoms with Crippen LogP contribution in [0.15, 0.2) is 126 Å². The van der Waals surface area contributed by atoms with Crippen molar-refractivity contribution in [2.24, 2.45) is 0 Å². The highest BCUT2D eigenvalue weighted by Gasteiger charge is 2.52. The molecule has 0 atom stereocenters. The second kappa shape index (κ2) is 10.7. The van der Waals surface area contributed by atoms with Gasteiger partial charge in [-0.3, -0.25) is 0 Å². The molecule has 0 saturated carbocycles. The number of hydrogen-bond donors (Lipinski definition) is 0. The summed E-state index contributed by atoms with van der Waals surface area (Å²) in [7, 11) is -2.76. The Labute approximate surface area is 238 Å². The first kappa shape index (κ1) is 26.7. The van der Waals surface area contributed by atoms with Gasteiger partial charge in [-0.2, -0.15) is 0 Å². The van der Waals surface area contributed by atoms with E-state index in [1.165, 1.54) is 10.4 Å². The zero-order chi connectivity index (χ0) is 27.6. The fraction of sp³-hybridized carbons (Fsp3) is 0.121. The Hall–Kier alpha value is -3.87. The number of benzene rings is 4. The lowest BCUT2D eigenvalue weighted by Gasteiger charge is -2.43. The summed E-state index contributed by atoms with van der Waals surface area (Å²) in [4.78, 5) is 11.7. The second-order valence-corrected chi connectivity index (χ2v) is 15.6. The van der Waals surface area contributed by atoms with Crippen molar-refractivity contribution in [3.05, 3.63) is 132 Å². The molecule has 6 heteroatoms. The minimum Gasteiger partial charge on any atom is -0.545 e. The van der Waals surface area contributed by atoms with Crippen LogP contribution in [0.25, 0.3) is 16.8 Å². The maximum Gasteiger partial charge on any atom is 0.319 e. The van der Waals surface area contributed by atoms with E-state index in [0.29, 0.717) is 4.47 Å². The Bertz CT molecular complexity index is 1540. The lowest BCUT2D eigenvalue weighted by Crippen LogP contribution is -2.68. The third-order valence-corrected chi connectivity index (χ3v) is 12.6. The Morgan fingerprint density at radius 1 is 0.795 bits per heavy atom. The summed E-state index contributed by atoms with van der Waals surface area (Å²) >= 11 is 3.61. The molecule has 0 spiro atoms. The summed E-state index contributed by atoms with van der Waals surface area (Å²) < 4.78 is 9.73. The molecule has 0 aliphatic carbocycles. The average molecular weight is 596 g/mol. The lowest BCUT2D eigenvalue weighted by atomic mass is 10.0. The Balaban J connectivity index is 1.61. The summed E-state index contributed by atoms with van der Waals surface area (Å²) in [5.41, 5.74) is 2.67. The highest BCUT2D eigenvalue weighted by atomic mass is 79.9. The van der Waals surface area contributed by atoms with Crippen LogP contribution in [0.4, 0.5) is 0 Å². The van der Waals surface area contributed by atoms with Crippen LogP contribution in [0.2, 0.25) is 5.04 Å². The van der Waals surface area contributed by atoms with E-state index in [1.807, 2.05) is 65.5 Å². The van der Waals surface area contributed by atoms with Gasteiger partial charge in [-0.25, -0.2) is 0 Å². The molecule has 0 N–H and O–H groups in total. The third-order valence-electron chi connectivity index (χ3n) is 7.02. The van der Waals surface area contributed by atoms with E-state index in [2.05, 4.69) is 85.2 Å². The molecule has 196 valence electrons. The fourth-order valence-electron chi connectivity index (χ4n) is 5.21. The second-order valence-electron chi connectivity index (χ2n) is 10.5. The predicted octanol–water partition coefficient (Wildman–Crippen LogP) is 6.21. The minimum atomic E-state index is -2.76. The molecule has 4 aromatic carbocycles. The van der Waals surface area contributed by atoms with Crippen LogP contribution >= 0.6 is 15.9 Å². The molecule has 1 aromatic heterocycles. The van der Waals surface area contributed by atoms with E-state index >= 15 is 0 Å². The van der Waals surface area contributed by atoms with Gasteiger partial charge in [0.05, 0.1) is 11.7 Å². The summed E-state index contributed by atoms with van der Waals surface area (Å²) in [6.07, 6.45) is 3.79. The SMILES string of the molecule is CC(C)(C)[Si](Oc1ccc(-c2c(Br)cc(C(=O)[O-])cc2-n2cccc2)cc1)(c1ccccc1)c1ccccc1. The summed E-state index contributed by atoms with van der Waals surface area (Å²) in [6.45, 7) is 6.77. The molecule has 1 heterocycles. The van der Waals surface area contributed by atoms with Gasteiger partial charge >= 0.3 is 8.32 Å². The summed E-state index contributed by atoms with van der Waals surface area (Å²) in [5, 5.41) is 13.9. The first-order valence-electron chi connectivity index (χ1n) is 12.8. The van der Waals surface area contributed by atoms with Gasteiger partial charge in [0.1, 0.15) is 5.75 Å². The molecule has 0 unspecified atom stereocenters. The van der Waals surface area contributed by atoms with Crippen LogP contribution in [-0.2, 0) is 0 Å². The molecule has 5 aromatic rings. The monoisotopic (exact) mass is 594 g/mol. The van der Waals surface area contributed by atoms with Crippen molar-refractivity contribution in [1.29, 1.82) is 0 Å². The van der Waals surface area contributed by atoms with Crippen molar-refractivity contribution in [2.45, 2.75) is 25.8 Å². The van der Waals surface area contributed by atoms with Crippen molar-refractivity contribution < 1.29 is 14.3 Å². The molecule has 39 heavy (non-hydrogen) atoms. The van der Waals surface area contributed by atoms with Gasteiger partial charge in [0.25, 0.3) is 0 Å². The third kappa shape index (κ3) is 5.10. The number of rotatable bonds is 7. The zero-order valence-corrected chi connectivity index (χ0v) is 24.7. The maximum absolute atomic E-state index is 11.7. The summed E-state index contributed by atoms with van der Waals surface area (Å²) in [6, 6.07) is 36.2. The Morgan fingerprint density at radius 3 is 1.82 bits per heavy atom. The smallest absolute Gasteiger partial charge is 0.319 e.